The minimum atomic E-state index is -0.688. The van der Waals surface area contributed by atoms with Crippen molar-refractivity contribution < 1.29 is 19.1 Å². The molecule has 1 atom stereocenters. The van der Waals surface area contributed by atoms with Crippen LogP contribution < -0.4 is 14.8 Å². The van der Waals surface area contributed by atoms with Gasteiger partial charge in [0.05, 0.1) is 7.11 Å². The van der Waals surface area contributed by atoms with Gasteiger partial charge >= 0.3 is 0 Å². The summed E-state index contributed by atoms with van der Waals surface area (Å²) in [7, 11) is 1.59. The molecule has 3 aromatic carbocycles. The molecule has 1 N–H and O–H groups in total. The second kappa shape index (κ2) is 12.6. The van der Waals surface area contributed by atoms with Crippen molar-refractivity contribution in [3.63, 3.8) is 0 Å². The van der Waals surface area contributed by atoms with Gasteiger partial charge < -0.3 is 19.7 Å². The van der Waals surface area contributed by atoms with Crippen LogP contribution in [0.25, 0.3) is 0 Å². The Kier molecular flexibility index (Phi) is 9.30. The third kappa shape index (κ3) is 7.88. The van der Waals surface area contributed by atoms with Crippen LogP contribution in [-0.4, -0.2) is 42.5 Å². The van der Waals surface area contributed by atoms with Crippen LogP contribution in [-0.2, 0) is 22.6 Å². The monoisotopic (exact) mass is 474 g/mol. The second-order valence-electron chi connectivity index (χ2n) is 8.84. The van der Waals surface area contributed by atoms with E-state index in [-0.39, 0.29) is 24.5 Å². The van der Waals surface area contributed by atoms with E-state index >= 15 is 0 Å². The van der Waals surface area contributed by atoms with Gasteiger partial charge in [-0.2, -0.15) is 0 Å². The normalized spacial score (nSPS) is 11.6. The van der Waals surface area contributed by atoms with Gasteiger partial charge in [0.15, 0.2) is 6.61 Å². The van der Waals surface area contributed by atoms with E-state index in [0.29, 0.717) is 24.5 Å². The summed E-state index contributed by atoms with van der Waals surface area (Å²) in [6.45, 7) is 5.96. The fourth-order valence-corrected chi connectivity index (χ4v) is 3.84. The van der Waals surface area contributed by atoms with Crippen molar-refractivity contribution >= 4 is 11.8 Å². The number of nitrogens with one attached hydrogen (secondary N) is 1. The lowest BCUT2D eigenvalue weighted by molar-refractivity contribution is -0.143. The summed E-state index contributed by atoms with van der Waals surface area (Å²) in [5, 5.41) is 2.99. The molecular weight excluding hydrogens is 440 g/mol. The maximum atomic E-state index is 13.5. The average Bonchev–Trinajstić information content (AvgIpc) is 2.85. The highest BCUT2D eigenvalue weighted by atomic mass is 16.5. The first kappa shape index (κ1) is 25.8. The summed E-state index contributed by atoms with van der Waals surface area (Å²) < 4.78 is 11.0. The van der Waals surface area contributed by atoms with Crippen LogP contribution in [0.3, 0.4) is 0 Å². The number of hydrogen-bond acceptors (Lipinski definition) is 4. The number of ether oxygens (including phenoxy) is 2. The molecule has 0 aliphatic carbocycles. The summed E-state index contributed by atoms with van der Waals surface area (Å²) in [5.74, 6) is 0.815. The van der Waals surface area contributed by atoms with E-state index in [9.17, 15) is 9.59 Å². The van der Waals surface area contributed by atoms with Crippen LogP contribution in [0, 0.1) is 6.92 Å². The molecule has 1 unspecified atom stereocenters. The number of nitrogens with zero attached hydrogens (tertiary/aromatic N) is 1. The quantitative estimate of drug-likeness (QED) is 0.443. The van der Waals surface area contributed by atoms with Gasteiger partial charge in [-0.05, 0) is 56.2 Å². The lowest BCUT2D eigenvalue weighted by atomic mass is 10.0. The van der Waals surface area contributed by atoms with E-state index in [4.69, 9.17) is 9.47 Å². The Hall–Kier alpha value is -3.80. The smallest absolute Gasteiger partial charge is 0.261 e. The molecule has 3 rings (SSSR count). The van der Waals surface area contributed by atoms with E-state index in [2.05, 4.69) is 5.32 Å². The number of carbonyl (C=O) groups excluding carboxylic acids is 2. The third-order valence-corrected chi connectivity index (χ3v) is 5.56. The molecular formula is C29H34N2O4. The van der Waals surface area contributed by atoms with E-state index in [1.165, 1.54) is 0 Å². The van der Waals surface area contributed by atoms with Crippen molar-refractivity contribution in [1.82, 2.24) is 10.2 Å². The Morgan fingerprint density at radius 3 is 2.17 bits per heavy atom. The first-order valence-corrected chi connectivity index (χ1v) is 11.8. The van der Waals surface area contributed by atoms with Crippen LogP contribution in [0.4, 0.5) is 0 Å². The molecule has 3 aromatic rings. The Balaban J connectivity index is 1.88. The fourth-order valence-electron chi connectivity index (χ4n) is 3.84. The van der Waals surface area contributed by atoms with Gasteiger partial charge in [-0.3, -0.25) is 9.59 Å². The SMILES string of the molecule is COc1ccc(OCC(=O)N(Cc2cccc(C)c2)C(Cc2ccccc2)C(=O)NC(C)C)cc1. The first-order chi connectivity index (χ1) is 16.9. The van der Waals surface area contributed by atoms with E-state index in [1.807, 2.05) is 75.4 Å². The van der Waals surface area contributed by atoms with Gasteiger partial charge in [-0.25, -0.2) is 0 Å². The molecule has 0 saturated heterocycles. The summed E-state index contributed by atoms with van der Waals surface area (Å²) in [5.41, 5.74) is 3.03. The summed E-state index contributed by atoms with van der Waals surface area (Å²) >= 11 is 0. The van der Waals surface area contributed by atoms with Crippen LogP contribution in [0.15, 0.2) is 78.9 Å². The molecule has 0 bridgehead atoms. The van der Waals surface area contributed by atoms with Gasteiger partial charge in [0.1, 0.15) is 17.5 Å². The van der Waals surface area contributed by atoms with Gasteiger partial charge in [-0.15, -0.1) is 0 Å². The van der Waals surface area contributed by atoms with Crippen molar-refractivity contribution in [2.45, 2.75) is 45.8 Å². The topological polar surface area (TPSA) is 67.9 Å². The van der Waals surface area contributed by atoms with Crippen LogP contribution in [0.5, 0.6) is 11.5 Å². The van der Waals surface area contributed by atoms with E-state index in [0.717, 1.165) is 16.7 Å². The minimum Gasteiger partial charge on any atom is -0.497 e. The van der Waals surface area contributed by atoms with E-state index in [1.54, 1.807) is 36.3 Å². The molecule has 184 valence electrons. The van der Waals surface area contributed by atoms with Gasteiger partial charge in [0.25, 0.3) is 5.91 Å². The molecule has 0 heterocycles. The second-order valence-corrected chi connectivity index (χ2v) is 8.84. The Bertz CT molecular complexity index is 1100. The predicted octanol–water partition coefficient (Wildman–Crippen LogP) is 4.55. The molecule has 0 saturated carbocycles. The predicted molar refractivity (Wildman–Crippen MR) is 137 cm³/mol. The molecule has 6 nitrogen and oxygen atoms in total. The number of hydrogen-bond donors (Lipinski definition) is 1. The highest BCUT2D eigenvalue weighted by Gasteiger charge is 2.31. The number of amides is 2. The molecule has 2 amide bonds. The lowest BCUT2D eigenvalue weighted by Crippen LogP contribution is -2.52. The maximum absolute atomic E-state index is 13.5. The maximum Gasteiger partial charge on any atom is 0.261 e. The zero-order chi connectivity index (χ0) is 25.2. The van der Waals surface area contributed by atoms with Crippen molar-refractivity contribution in [2.75, 3.05) is 13.7 Å². The first-order valence-electron chi connectivity index (χ1n) is 11.8. The van der Waals surface area contributed by atoms with Gasteiger partial charge in [0, 0.05) is 19.0 Å². The Labute approximate surface area is 207 Å². The van der Waals surface area contributed by atoms with Crippen LogP contribution in [0.1, 0.15) is 30.5 Å². The highest BCUT2D eigenvalue weighted by molar-refractivity contribution is 5.88. The third-order valence-electron chi connectivity index (χ3n) is 5.56. The average molecular weight is 475 g/mol. The standard InChI is InChI=1S/C29H34N2O4/c1-21(2)30-29(33)27(18-23-10-6-5-7-11-23)31(19-24-12-8-9-22(3)17-24)28(32)20-35-26-15-13-25(34-4)14-16-26/h5-17,21,27H,18-20H2,1-4H3,(H,30,33). The summed E-state index contributed by atoms with van der Waals surface area (Å²) in [6.07, 6.45) is 0.402. The minimum absolute atomic E-state index is 0.0488. The van der Waals surface area contributed by atoms with Crippen molar-refractivity contribution in [2.24, 2.45) is 0 Å². The Morgan fingerprint density at radius 2 is 1.54 bits per heavy atom. The van der Waals surface area contributed by atoms with Crippen molar-refractivity contribution in [1.29, 1.82) is 0 Å². The largest absolute Gasteiger partial charge is 0.497 e. The highest BCUT2D eigenvalue weighted by Crippen LogP contribution is 2.19. The van der Waals surface area contributed by atoms with Gasteiger partial charge in [-0.1, -0.05) is 60.2 Å². The molecule has 0 aromatic heterocycles. The zero-order valence-electron chi connectivity index (χ0n) is 20.9. The molecule has 0 fully saturated rings. The van der Waals surface area contributed by atoms with Crippen LogP contribution in [0.2, 0.25) is 0 Å². The molecule has 0 radical (unpaired) electrons. The number of rotatable bonds is 11. The number of carbonyl (C=O) groups is 2. The van der Waals surface area contributed by atoms with Gasteiger partial charge in [0.2, 0.25) is 5.91 Å². The molecule has 0 spiro atoms. The van der Waals surface area contributed by atoms with Crippen molar-refractivity contribution in [3.8, 4) is 11.5 Å². The van der Waals surface area contributed by atoms with E-state index < -0.39 is 6.04 Å². The number of benzene rings is 3. The molecule has 35 heavy (non-hydrogen) atoms. The molecule has 6 heteroatoms. The lowest BCUT2D eigenvalue weighted by Gasteiger charge is -2.32. The number of aryl methyl sites for hydroxylation is 1. The summed E-state index contributed by atoms with van der Waals surface area (Å²) in [4.78, 5) is 28.5. The fraction of sp³-hybridized carbons (Fsp3) is 0.310. The van der Waals surface area contributed by atoms with Crippen molar-refractivity contribution in [3.05, 3.63) is 95.6 Å². The molecule has 0 aliphatic rings. The molecule has 0 aliphatic heterocycles. The number of methoxy groups -OCH3 is 1. The Morgan fingerprint density at radius 1 is 0.886 bits per heavy atom. The summed E-state index contributed by atoms with van der Waals surface area (Å²) in [6, 6.07) is 24.0. The zero-order valence-corrected chi connectivity index (χ0v) is 20.9. The van der Waals surface area contributed by atoms with Crippen LogP contribution >= 0.6 is 0 Å².